The Morgan fingerprint density at radius 3 is 2.48 bits per heavy atom. The number of hydrogen-bond donors (Lipinski definition) is 3. The van der Waals surface area contributed by atoms with Gasteiger partial charge in [-0.25, -0.2) is 22.7 Å². The van der Waals surface area contributed by atoms with Gasteiger partial charge in [-0.1, -0.05) is 55.5 Å². The molecule has 1 aliphatic carbocycles. The van der Waals surface area contributed by atoms with Crippen molar-refractivity contribution in [3.8, 4) is 0 Å². The number of aldehydes is 1. The summed E-state index contributed by atoms with van der Waals surface area (Å²) in [4.78, 5) is 50.5. The van der Waals surface area contributed by atoms with Gasteiger partial charge >= 0.3 is 0 Å². The maximum absolute atomic E-state index is 13.5. The molecule has 0 fully saturated rings. The Bertz CT molecular complexity index is 1820. The van der Waals surface area contributed by atoms with E-state index in [4.69, 9.17) is 4.79 Å². The standard InChI is InChI=1S/C28H27F2N5O3.C8H11F.CH3NO/c1-3-21-17(2)7-9-20(6-4-5-19(21)16-36)33-28(38)25-14-24(34-26-11-12-32-35(25)26)27(37)31-15-18-8-10-22(29)23(30)13-18;1-3-5-7-8(9)6-4-2;2-1-3/h4-5,8,10-14,16,20H,2-3,6-7,9,15H2,1H3,(H,31,37)(H,33,38);3-7H,1-2H3;1H,(H2,2,3)/b5-4-,21-19+;5-3-,6-4-,8-7+;. The van der Waals surface area contributed by atoms with Gasteiger partial charge in [-0.3, -0.25) is 19.2 Å². The molecule has 0 spiro atoms. The number of nitrogens with two attached hydrogens (primary N) is 1. The molecule has 0 radical (unpaired) electrons. The molecule has 4 N–H and O–H groups in total. The van der Waals surface area contributed by atoms with Crippen molar-refractivity contribution < 1.29 is 32.3 Å². The lowest BCUT2D eigenvalue weighted by atomic mass is 9.95. The normalized spacial score (nSPS) is 17.0. The number of amides is 3. The number of aromatic nitrogens is 3. The van der Waals surface area contributed by atoms with Crippen LogP contribution in [0.5, 0.6) is 0 Å². The summed E-state index contributed by atoms with van der Waals surface area (Å²) in [5, 5.41) is 9.77. The lowest BCUT2D eigenvalue weighted by Crippen LogP contribution is -2.36. The highest BCUT2D eigenvalue weighted by atomic mass is 19.2. The van der Waals surface area contributed by atoms with Gasteiger partial charge in [0.15, 0.2) is 17.3 Å². The van der Waals surface area contributed by atoms with E-state index < -0.39 is 23.4 Å². The second-order valence-corrected chi connectivity index (χ2v) is 10.6. The molecule has 2 heterocycles. The van der Waals surface area contributed by atoms with E-state index in [-0.39, 0.29) is 36.2 Å². The number of carbonyl (C=O) groups is 4. The molecule has 0 saturated carbocycles. The Labute approximate surface area is 289 Å². The van der Waals surface area contributed by atoms with Gasteiger partial charge in [0, 0.05) is 30.3 Å². The summed E-state index contributed by atoms with van der Waals surface area (Å²) in [5.41, 5.74) is 7.28. The van der Waals surface area contributed by atoms with Crippen molar-refractivity contribution in [3.05, 3.63) is 137 Å². The number of benzene rings is 1. The van der Waals surface area contributed by atoms with Crippen molar-refractivity contribution >= 4 is 30.2 Å². The van der Waals surface area contributed by atoms with Crippen molar-refractivity contribution in [2.75, 3.05) is 0 Å². The van der Waals surface area contributed by atoms with Crippen molar-refractivity contribution in [2.24, 2.45) is 5.73 Å². The van der Waals surface area contributed by atoms with Crippen molar-refractivity contribution in [1.29, 1.82) is 0 Å². The highest BCUT2D eigenvalue weighted by molar-refractivity contribution is 5.98. The zero-order valence-corrected chi connectivity index (χ0v) is 28.2. The van der Waals surface area contributed by atoms with Gasteiger partial charge < -0.3 is 16.4 Å². The van der Waals surface area contributed by atoms with Crippen molar-refractivity contribution in [1.82, 2.24) is 25.2 Å². The first-order valence-electron chi connectivity index (χ1n) is 15.7. The largest absolute Gasteiger partial charge is 0.372 e. The fraction of sp³-hybridized carbons (Fsp3) is 0.243. The summed E-state index contributed by atoms with van der Waals surface area (Å²) < 4.78 is 40.3. The number of halogens is 3. The van der Waals surface area contributed by atoms with Crippen LogP contribution < -0.4 is 16.4 Å². The molecule has 10 nitrogen and oxygen atoms in total. The molecule has 3 amide bonds. The van der Waals surface area contributed by atoms with Gasteiger partial charge in [0.25, 0.3) is 11.8 Å². The Morgan fingerprint density at radius 2 is 1.84 bits per heavy atom. The third-order valence-electron chi connectivity index (χ3n) is 7.14. The van der Waals surface area contributed by atoms with Crippen molar-refractivity contribution in [2.45, 2.75) is 59.0 Å². The minimum absolute atomic E-state index is 0.0270. The molecule has 2 aromatic heterocycles. The molecule has 0 saturated heterocycles. The predicted octanol–water partition coefficient (Wildman–Crippen LogP) is 6.33. The van der Waals surface area contributed by atoms with Crippen LogP contribution in [0.25, 0.3) is 5.65 Å². The number of rotatable bonds is 9. The molecular weight excluding hydrogens is 649 g/mol. The van der Waals surface area contributed by atoms with E-state index in [1.54, 1.807) is 37.3 Å². The molecule has 1 aliphatic rings. The fourth-order valence-electron chi connectivity index (χ4n) is 4.75. The van der Waals surface area contributed by atoms with Crippen LogP contribution in [0.15, 0.2) is 108 Å². The Balaban J connectivity index is 0.000000621. The third kappa shape index (κ3) is 12.3. The first kappa shape index (κ1) is 40.3. The van der Waals surface area contributed by atoms with Crippen LogP contribution in [0, 0.1) is 11.6 Å². The van der Waals surface area contributed by atoms with Gasteiger partial charge in [-0.05, 0) is 75.0 Å². The van der Waals surface area contributed by atoms with Crippen LogP contribution in [-0.2, 0) is 16.1 Å². The van der Waals surface area contributed by atoms with Crippen LogP contribution in [0.4, 0.5) is 13.2 Å². The van der Waals surface area contributed by atoms with Gasteiger partial charge in [0.05, 0.1) is 6.20 Å². The molecule has 1 aromatic carbocycles. The van der Waals surface area contributed by atoms with E-state index >= 15 is 0 Å². The lowest BCUT2D eigenvalue weighted by molar-refractivity contribution is -0.107. The highest BCUT2D eigenvalue weighted by Crippen LogP contribution is 2.25. The third-order valence-corrected chi connectivity index (χ3v) is 7.14. The van der Waals surface area contributed by atoms with E-state index in [9.17, 15) is 27.6 Å². The number of fused-ring (bicyclic) bond motifs is 1. The Hall–Kier alpha value is -5.85. The number of primary amides is 1. The van der Waals surface area contributed by atoms with E-state index in [1.165, 1.54) is 35.0 Å². The molecule has 4 rings (SSSR count). The second kappa shape index (κ2) is 21.2. The van der Waals surface area contributed by atoms with Gasteiger partial charge in [0.2, 0.25) is 6.41 Å². The van der Waals surface area contributed by atoms with Crippen LogP contribution >= 0.6 is 0 Å². The van der Waals surface area contributed by atoms with Crippen LogP contribution in [-0.4, -0.2) is 45.2 Å². The minimum Gasteiger partial charge on any atom is -0.372 e. The average molecular weight is 691 g/mol. The summed E-state index contributed by atoms with van der Waals surface area (Å²) in [7, 11) is 0. The quantitative estimate of drug-likeness (QED) is 0.177. The first-order valence-corrected chi connectivity index (χ1v) is 15.7. The van der Waals surface area contributed by atoms with E-state index in [2.05, 4.69) is 33.0 Å². The fourth-order valence-corrected chi connectivity index (χ4v) is 4.75. The molecule has 50 heavy (non-hydrogen) atoms. The summed E-state index contributed by atoms with van der Waals surface area (Å²) >= 11 is 0. The molecule has 3 aromatic rings. The number of carbonyl (C=O) groups excluding carboxylic acids is 4. The van der Waals surface area contributed by atoms with E-state index in [0.717, 1.165) is 29.6 Å². The average Bonchev–Trinajstić information content (AvgIpc) is 3.60. The SMILES string of the molecule is C=C1CCC(NC(=O)c2cc(C(=O)NCc3ccc(F)c(F)c3)nc3ccnn23)C/C=C\C(C=O)=C/1CC.C\C=C/C=C(F)\C=C/C.NC=O. The smallest absolute Gasteiger partial charge is 0.270 e. The maximum Gasteiger partial charge on any atom is 0.270 e. The molecule has 1 unspecified atom stereocenters. The number of nitrogens with one attached hydrogen (secondary N) is 2. The minimum atomic E-state index is -1.01. The number of hydrogen-bond acceptors (Lipinski definition) is 6. The summed E-state index contributed by atoms with van der Waals surface area (Å²) in [6, 6.07) is 6.00. The summed E-state index contributed by atoms with van der Waals surface area (Å²) in [6.07, 6.45) is 16.5. The first-order chi connectivity index (χ1) is 24.0. The Morgan fingerprint density at radius 1 is 1.10 bits per heavy atom. The monoisotopic (exact) mass is 690 g/mol. The van der Waals surface area contributed by atoms with Crippen molar-refractivity contribution in [3.63, 3.8) is 0 Å². The zero-order valence-electron chi connectivity index (χ0n) is 28.2. The lowest BCUT2D eigenvalue weighted by Gasteiger charge is -2.18. The molecule has 13 heteroatoms. The molecule has 1 atom stereocenters. The van der Waals surface area contributed by atoms with Crippen LogP contribution in [0.2, 0.25) is 0 Å². The summed E-state index contributed by atoms with van der Waals surface area (Å²) in [6.45, 7) is 9.67. The molecule has 0 aliphatic heterocycles. The molecular formula is C37H41F3N6O4. The molecule has 264 valence electrons. The van der Waals surface area contributed by atoms with Gasteiger partial charge in [0.1, 0.15) is 23.5 Å². The molecule has 0 bridgehead atoms. The van der Waals surface area contributed by atoms with E-state index in [1.807, 2.05) is 19.9 Å². The Kier molecular flexibility index (Phi) is 17.1. The highest BCUT2D eigenvalue weighted by Gasteiger charge is 2.21. The number of allylic oxidation sites excluding steroid dienone is 10. The van der Waals surface area contributed by atoms with Crippen LogP contribution in [0.1, 0.15) is 73.0 Å². The maximum atomic E-state index is 13.5. The summed E-state index contributed by atoms with van der Waals surface area (Å²) in [5.74, 6) is -3.24. The van der Waals surface area contributed by atoms with Gasteiger partial charge in [-0.15, -0.1) is 0 Å². The van der Waals surface area contributed by atoms with E-state index in [0.29, 0.717) is 42.5 Å². The second-order valence-electron chi connectivity index (χ2n) is 10.6. The van der Waals surface area contributed by atoms with Gasteiger partial charge in [-0.2, -0.15) is 5.10 Å². The topological polar surface area (TPSA) is 149 Å². The zero-order chi connectivity index (χ0) is 37.1. The van der Waals surface area contributed by atoms with Crippen LogP contribution in [0.3, 0.4) is 0 Å². The predicted molar refractivity (Wildman–Crippen MR) is 186 cm³/mol. The number of nitrogens with zero attached hydrogens (tertiary/aromatic N) is 3.